The predicted molar refractivity (Wildman–Crippen MR) is 100 cm³/mol. The summed E-state index contributed by atoms with van der Waals surface area (Å²) in [7, 11) is 0. The number of fused-ring (bicyclic) bond motifs is 1. The van der Waals surface area contributed by atoms with Crippen LogP contribution in [0, 0.1) is 11.8 Å². The molecule has 140 valence electrons. The van der Waals surface area contributed by atoms with E-state index in [9.17, 15) is 14.7 Å². The predicted octanol–water partition coefficient (Wildman–Crippen LogP) is 3.66. The molecule has 0 bridgehead atoms. The summed E-state index contributed by atoms with van der Waals surface area (Å²) in [5.41, 5.74) is 0.606. The van der Waals surface area contributed by atoms with Crippen LogP contribution >= 0.6 is 11.8 Å². The number of carboxylic acids is 1. The van der Waals surface area contributed by atoms with Gasteiger partial charge in [0, 0.05) is 21.9 Å². The smallest absolute Gasteiger partial charge is 0.307 e. The van der Waals surface area contributed by atoms with Gasteiger partial charge < -0.3 is 19.9 Å². The van der Waals surface area contributed by atoms with Crippen LogP contribution < -0.4 is 14.8 Å². The van der Waals surface area contributed by atoms with Crippen molar-refractivity contribution in [2.75, 3.05) is 18.5 Å². The van der Waals surface area contributed by atoms with E-state index in [0.717, 1.165) is 9.79 Å². The number of nitrogens with one attached hydrogen (secondary N) is 1. The molecule has 1 heterocycles. The van der Waals surface area contributed by atoms with E-state index >= 15 is 0 Å². The maximum Gasteiger partial charge on any atom is 0.307 e. The van der Waals surface area contributed by atoms with E-state index < -0.39 is 17.8 Å². The highest BCUT2D eigenvalue weighted by Gasteiger charge is 2.41. The van der Waals surface area contributed by atoms with E-state index in [1.807, 2.05) is 36.4 Å². The number of carbonyl (C=O) groups is 2. The number of anilines is 1. The summed E-state index contributed by atoms with van der Waals surface area (Å²) in [5, 5.41) is 12.1. The van der Waals surface area contributed by atoms with Crippen molar-refractivity contribution in [1.29, 1.82) is 0 Å². The first-order chi connectivity index (χ1) is 13.1. The second-order valence-electron chi connectivity index (χ2n) is 6.52. The van der Waals surface area contributed by atoms with Crippen LogP contribution in [0.25, 0.3) is 0 Å². The number of hydrogen-bond donors (Lipinski definition) is 2. The zero-order valence-corrected chi connectivity index (χ0v) is 15.3. The fraction of sp³-hybridized carbons (Fsp3) is 0.300. The lowest BCUT2D eigenvalue weighted by atomic mass is 9.73. The molecule has 6 nitrogen and oxygen atoms in total. The van der Waals surface area contributed by atoms with Crippen molar-refractivity contribution in [3.8, 4) is 11.5 Å². The van der Waals surface area contributed by atoms with Crippen LogP contribution in [0.2, 0.25) is 0 Å². The van der Waals surface area contributed by atoms with Gasteiger partial charge in [-0.05, 0) is 25.0 Å². The maximum absolute atomic E-state index is 12.6. The minimum atomic E-state index is -0.914. The van der Waals surface area contributed by atoms with E-state index in [-0.39, 0.29) is 5.91 Å². The van der Waals surface area contributed by atoms with Gasteiger partial charge in [-0.1, -0.05) is 30.0 Å². The molecule has 27 heavy (non-hydrogen) atoms. The van der Waals surface area contributed by atoms with Crippen molar-refractivity contribution in [3.05, 3.63) is 42.5 Å². The molecule has 7 heteroatoms. The van der Waals surface area contributed by atoms with Crippen LogP contribution in [0.5, 0.6) is 11.5 Å². The highest BCUT2D eigenvalue weighted by Crippen LogP contribution is 2.43. The standard InChI is InChI=1S/C20H19NO5S/c22-19(13-6-7-14(13)20(23)24)21-15-10-16-17(26-9-8-25-16)11-18(15)27-12-4-2-1-3-5-12/h1-5,10-11,13-14H,6-9H2,(H,21,22)(H,23,24). The van der Waals surface area contributed by atoms with E-state index in [4.69, 9.17) is 9.47 Å². The molecule has 1 fully saturated rings. The van der Waals surface area contributed by atoms with Crippen molar-refractivity contribution < 1.29 is 24.2 Å². The minimum Gasteiger partial charge on any atom is -0.486 e. The van der Waals surface area contributed by atoms with Crippen LogP contribution in [-0.4, -0.2) is 30.2 Å². The molecule has 2 N–H and O–H groups in total. The van der Waals surface area contributed by atoms with Gasteiger partial charge in [-0.2, -0.15) is 0 Å². The first-order valence-corrected chi connectivity index (χ1v) is 9.63. The molecule has 2 atom stereocenters. The Balaban J connectivity index is 1.61. The molecule has 1 aliphatic heterocycles. The zero-order valence-electron chi connectivity index (χ0n) is 14.5. The van der Waals surface area contributed by atoms with Crippen LogP contribution in [0.15, 0.2) is 52.3 Å². The number of benzene rings is 2. The number of rotatable bonds is 5. The summed E-state index contributed by atoms with van der Waals surface area (Å²) in [6, 6.07) is 13.4. The van der Waals surface area contributed by atoms with Gasteiger partial charge in [-0.15, -0.1) is 0 Å². The molecule has 4 rings (SSSR count). The van der Waals surface area contributed by atoms with Crippen molar-refractivity contribution >= 4 is 29.3 Å². The Kier molecular flexibility index (Phi) is 4.94. The Morgan fingerprint density at radius 1 is 1.00 bits per heavy atom. The van der Waals surface area contributed by atoms with Crippen LogP contribution in [0.1, 0.15) is 12.8 Å². The SMILES string of the molecule is O=C(O)C1CCC1C(=O)Nc1cc2c(cc1Sc1ccccc1)OCCO2. The summed E-state index contributed by atoms with van der Waals surface area (Å²) in [6.45, 7) is 0.936. The largest absolute Gasteiger partial charge is 0.486 e. The summed E-state index contributed by atoms with van der Waals surface area (Å²) in [6.07, 6.45) is 1.13. The number of amides is 1. The fourth-order valence-corrected chi connectivity index (χ4v) is 4.14. The average molecular weight is 385 g/mol. The van der Waals surface area contributed by atoms with Crippen LogP contribution in [0.4, 0.5) is 5.69 Å². The molecule has 2 aromatic carbocycles. The highest BCUT2D eigenvalue weighted by molar-refractivity contribution is 7.99. The monoisotopic (exact) mass is 385 g/mol. The van der Waals surface area contributed by atoms with Crippen molar-refractivity contribution in [2.24, 2.45) is 11.8 Å². The van der Waals surface area contributed by atoms with E-state index in [1.165, 1.54) is 11.8 Å². The molecule has 0 saturated heterocycles. The third kappa shape index (κ3) is 3.73. The lowest BCUT2D eigenvalue weighted by Gasteiger charge is -2.32. The third-order valence-electron chi connectivity index (χ3n) is 4.80. The minimum absolute atomic E-state index is 0.264. The molecule has 2 aliphatic rings. The molecule has 1 amide bonds. The summed E-state index contributed by atoms with van der Waals surface area (Å²) in [4.78, 5) is 25.7. The van der Waals surface area contributed by atoms with Gasteiger partial charge in [-0.25, -0.2) is 0 Å². The molecule has 0 radical (unpaired) electrons. The van der Waals surface area contributed by atoms with Crippen molar-refractivity contribution in [3.63, 3.8) is 0 Å². The lowest BCUT2D eigenvalue weighted by Crippen LogP contribution is -2.41. The van der Waals surface area contributed by atoms with Gasteiger partial charge in [0.25, 0.3) is 0 Å². The van der Waals surface area contributed by atoms with Crippen LogP contribution in [-0.2, 0) is 9.59 Å². The van der Waals surface area contributed by atoms with E-state index in [1.54, 1.807) is 6.07 Å². The second-order valence-corrected chi connectivity index (χ2v) is 7.64. The Morgan fingerprint density at radius 2 is 1.67 bits per heavy atom. The number of ether oxygens (including phenoxy) is 2. The Labute approximate surface area is 160 Å². The maximum atomic E-state index is 12.6. The third-order valence-corrected chi connectivity index (χ3v) is 5.87. The quantitative estimate of drug-likeness (QED) is 0.817. The van der Waals surface area contributed by atoms with Gasteiger partial charge >= 0.3 is 5.97 Å². The fourth-order valence-electron chi connectivity index (χ4n) is 3.20. The molecular formula is C20H19NO5S. The second kappa shape index (κ2) is 7.52. The molecule has 0 spiro atoms. The average Bonchev–Trinajstić information content (AvgIpc) is 2.61. The van der Waals surface area contributed by atoms with E-state index in [0.29, 0.717) is 43.2 Å². The van der Waals surface area contributed by atoms with Crippen molar-refractivity contribution in [2.45, 2.75) is 22.6 Å². The normalized spacial score (nSPS) is 20.4. The number of carboxylic acid groups (broad SMARTS) is 1. The number of carbonyl (C=O) groups excluding carboxylic acids is 1. The van der Waals surface area contributed by atoms with E-state index in [2.05, 4.69) is 5.32 Å². The summed E-state index contributed by atoms with van der Waals surface area (Å²) in [5.74, 6) is -1.05. The topological polar surface area (TPSA) is 84.9 Å². The Hall–Kier alpha value is -2.67. The lowest BCUT2D eigenvalue weighted by molar-refractivity contribution is -0.151. The zero-order chi connectivity index (χ0) is 18.8. The highest BCUT2D eigenvalue weighted by atomic mass is 32.2. The van der Waals surface area contributed by atoms with Gasteiger partial charge in [-0.3, -0.25) is 9.59 Å². The molecule has 1 aliphatic carbocycles. The first-order valence-electron chi connectivity index (χ1n) is 8.82. The summed E-state index contributed by atoms with van der Waals surface area (Å²) >= 11 is 1.51. The van der Waals surface area contributed by atoms with Gasteiger partial charge in [0.05, 0.1) is 17.5 Å². The molecule has 1 saturated carbocycles. The van der Waals surface area contributed by atoms with Gasteiger partial charge in [0.2, 0.25) is 5.91 Å². The Morgan fingerprint density at radius 3 is 2.30 bits per heavy atom. The molecule has 0 aromatic heterocycles. The van der Waals surface area contributed by atoms with Crippen molar-refractivity contribution in [1.82, 2.24) is 0 Å². The Bertz CT molecular complexity index is 870. The van der Waals surface area contributed by atoms with Crippen LogP contribution in [0.3, 0.4) is 0 Å². The first kappa shape index (κ1) is 17.7. The molecule has 2 aromatic rings. The number of aliphatic carboxylic acids is 1. The van der Waals surface area contributed by atoms with Gasteiger partial charge in [0.1, 0.15) is 13.2 Å². The van der Waals surface area contributed by atoms with Gasteiger partial charge in [0.15, 0.2) is 11.5 Å². The molecular weight excluding hydrogens is 366 g/mol. The molecule has 2 unspecified atom stereocenters. The number of hydrogen-bond acceptors (Lipinski definition) is 5. The summed E-state index contributed by atoms with van der Waals surface area (Å²) < 4.78 is 11.3.